The number of aliphatic hydroxyl groups excluding tert-OH is 2. The van der Waals surface area contributed by atoms with E-state index in [0.717, 1.165) is 11.3 Å². The molecule has 0 saturated carbocycles. The van der Waals surface area contributed by atoms with Crippen LogP contribution in [0.5, 0.6) is 5.75 Å². The van der Waals surface area contributed by atoms with Crippen LogP contribution in [-0.4, -0.2) is 35.3 Å². The SMILES string of the molecule is Cc1ccccc1O[C@H]1C[C@@H](O)[C@@H](O)CO1. The summed E-state index contributed by atoms with van der Waals surface area (Å²) in [5.74, 6) is 0.746. The van der Waals surface area contributed by atoms with E-state index in [0.29, 0.717) is 0 Å². The first-order chi connectivity index (χ1) is 7.66. The Morgan fingerprint density at radius 1 is 1.25 bits per heavy atom. The molecule has 1 saturated heterocycles. The predicted molar refractivity (Wildman–Crippen MR) is 58.2 cm³/mol. The lowest BCUT2D eigenvalue weighted by Crippen LogP contribution is -2.43. The maximum atomic E-state index is 9.49. The van der Waals surface area contributed by atoms with E-state index in [1.807, 2.05) is 31.2 Å². The molecule has 0 aliphatic carbocycles. The van der Waals surface area contributed by atoms with Crippen molar-refractivity contribution in [1.82, 2.24) is 0 Å². The Bertz CT molecular complexity index is 353. The van der Waals surface area contributed by atoms with E-state index >= 15 is 0 Å². The number of hydrogen-bond acceptors (Lipinski definition) is 4. The van der Waals surface area contributed by atoms with Crippen molar-refractivity contribution in [2.45, 2.75) is 31.8 Å². The monoisotopic (exact) mass is 224 g/mol. The van der Waals surface area contributed by atoms with E-state index in [-0.39, 0.29) is 13.0 Å². The normalized spacial score (nSPS) is 30.1. The van der Waals surface area contributed by atoms with Gasteiger partial charge in [0.25, 0.3) is 0 Å². The molecule has 2 N–H and O–H groups in total. The van der Waals surface area contributed by atoms with Gasteiger partial charge in [-0.15, -0.1) is 0 Å². The van der Waals surface area contributed by atoms with Crippen LogP contribution in [0.3, 0.4) is 0 Å². The average Bonchev–Trinajstić information content (AvgIpc) is 2.27. The number of benzene rings is 1. The molecule has 2 rings (SSSR count). The van der Waals surface area contributed by atoms with E-state index in [2.05, 4.69) is 0 Å². The smallest absolute Gasteiger partial charge is 0.202 e. The Kier molecular flexibility index (Phi) is 3.43. The lowest BCUT2D eigenvalue weighted by atomic mass is 10.1. The first-order valence-corrected chi connectivity index (χ1v) is 5.37. The van der Waals surface area contributed by atoms with Gasteiger partial charge in [0.15, 0.2) is 0 Å². The highest BCUT2D eigenvalue weighted by molar-refractivity contribution is 5.31. The Morgan fingerprint density at radius 2 is 2.00 bits per heavy atom. The summed E-state index contributed by atoms with van der Waals surface area (Å²) in [5.41, 5.74) is 1.02. The molecule has 88 valence electrons. The van der Waals surface area contributed by atoms with Crippen LogP contribution >= 0.6 is 0 Å². The number of aryl methyl sites for hydroxylation is 1. The van der Waals surface area contributed by atoms with Gasteiger partial charge in [0.2, 0.25) is 6.29 Å². The van der Waals surface area contributed by atoms with Gasteiger partial charge < -0.3 is 19.7 Å². The summed E-state index contributed by atoms with van der Waals surface area (Å²) in [6, 6.07) is 7.62. The number of aliphatic hydroxyl groups is 2. The number of para-hydroxylation sites is 1. The van der Waals surface area contributed by atoms with Crippen molar-refractivity contribution in [1.29, 1.82) is 0 Å². The zero-order valence-corrected chi connectivity index (χ0v) is 9.17. The molecule has 16 heavy (non-hydrogen) atoms. The average molecular weight is 224 g/mol. The van der Waals surface area contributed by atoms with Gasteiger partial charge in [0, 0.05) is 6.42 Å². The molecule has 1 aromatic rings. The second kappa shape index (κ2) is 4.82. The van der Waals surface area contributed by atoms with Crippen LogP contribution in [0.2, 0.25) is 0 Å². The third-order valence-electron chi connectivity index (χ3n) is 2.68. The third kappa shape index (κ3) is 2.52. The van der Waals surface area contributed by atoms with Crippen molar-refractivity contribution in [3.05, 3.63) is 29.8 Å². The Hall–Kier alpha value is -1.10. The molecule has 0 aromatic heterocycles. The molecule has 0 unspecified atom stereocenters. The molecule has 0 bridgehead atoms. The predicted octanol–water partition coefficient (Wildman–Crippen LogP) is 0.842. The summed E-state index contributed by atoms with van der Waals surface area (Å²) >= 11 is 0. The molecule has 3 atom stereocenters. The summed E-state index contributed by atoms with van der Waals surface area (Å²) in [6.45, 7) is 2.06. The molecule has 1 aromatic carbocycles. The second-order valence-corrected chi connectivity index (χ2v) is 4.02. The molecule has 1 aliphatic rings. The van der Waals surface area contributed by atoms with Crippen LogP contribution in [0.4, 0.5) is 0 Å². The highest BCUT2D eigenvalue weighted by atomic mass is 16.7. The van der Waals surface area contributed by atoms with Crippen LogP contribution < -0.4 is 4.74 Å². The molecule has 0 spiro atoms. The molecule has 1 heterocycles. The van der Waals surface area contributed by atoms with E-state index in [9.17, 15) is 10.2 Å². The van der Waals surface area contributed by atoms with Crippen LogP contribution in [0, 0.1) is 6.92 Å². The number of ether oxygens (including phenoxy) is 2. The fraction of sp³-hybridized carbons (Fsp3) is 0.500. The molecular weight excluding hydrogens is 208 g/mol. The van der Waals surface area contributed by atoms with Crippen LogP contribution in [-0.2, 0) is 4.74 Å². The van der Waals surface area contributed by atoms with E-state index in [1.54, 1.807) is 0 Å². The largest absolute Gasteiger partial charge is 0.465 e. The van der Waals surface area contributed by atoms with Gasteiger partial charge in [-0.3, -0.25) is 0 Å². The minimum Gasteiger partial charge on any atom is -0.465 e. The molecule has 1 fully saturated rings. The fourth-order valence-electron chi connectivity index (χ4n) is 1.65. The van der Waals surface area contributed by atoms with Crippen LogP contribution in [0.1, 0.15) is 12.0 Å². The lowest BCUT2D eigenvalue weighted by Gasteiger charge is -2.30. The zero-order chi connectivity index (χ0) is 11.5. The van der Waals surface area contributed by atoms with E-state index < -0.39 is 18.5 Å². The van der Waals surface area contributed by atoms with Crippen molar-refractivity contribution < 1.29 is 19.7 Å². The lowest BCUT2D eigenvalue weighted by molar-refractivity contribution is -0.182. The van der Waals surface area contributed by atoms with Gasteiger partial charge in [-0.1, -0.05) is 18.2 Å². The molecular formula is C12H16O4. The first kappa shape index (κ1) is 11.4. The van der Waals surface area contributed by atoms with Crippen molar-refractivity contribution >= 4 is 0 Å². The number of rotatable bonds is 2. The minimum atomic E-state index is -0.809. The molecule has 1 aliphatic heterocycles. The van der Waals surface area contributed by atoms with Gasteiger partial charge in [0.05, 0.1) is 12.7 Å². The van der Waals surface area contributed by atoms with Gasteiger partial charge in [-0.05, 0) is 18.6 Å². The Balaban J connectivity index is 1.98. The summed E-state index contributed by atoms with van der Waals surface area (Å²) in [4.78, 5) is 0. The molecule has 4 nitrogen and oxygen atoms in total. The summed E-state index contributed by atoms with van der Waals surface area (Å²) in [7, 11) is 0. The van der Waals surface area contributed by atoms with Crippen molar-refractivity contribution in [2.24, 2.45) is 0 Å². The summed E-state index contributed by atoms with van der Waals surface area (Å²) in [5, 5.41) is 18.8. The third-order valence-corrected chi connectivity index (χ3v) is 2.68. The quantitative estimate of drug-likeness (QED) is 0.781. The van der Waals surface area contributed by atoms with Crippen molar-refractivity contribution in [3.8, 4) is 5.75 Å². The summed E-state index contributed by atoms with van der Waals surface area (Å²) < 4.78 is 10.9. The van der Waals surface area contributed by atoms with Crippen LogP contribution in [0.25, 0.3) is 0 Å². The standard InChI is InChI=1S/C12H16O4/c1-8-4-2-3-5-11(8)16-12-6-9(13)10(14)7-15-12/h2-5,9-10,12-14H,6-7H2,1H3/t9-,10+,12+/m1/s1. The maximum Gasteiger partial charge on any atom is 0.202 e. The minimum absolute atomic E-state index is 0.109. The maximum absolute atomic E-state index is 9.49. The van der Waals surface area contributed by atoms with E-state index in [4.69, 9.17) is 9.47 Å². The Morgan fingerprint density at radius 3 is 2.69 bits per heavy atom. The van der Waals surface area contributed by atoms with Crippen LogP contribution in [0.15, 0.2) is 24.3 Å². The van der Waals surface area contributed by atoms with E-state index in [1.165, 1.54) is 0 Å². The van der Waals surface area contributed by atoms with Gasteiger partial charge in [-0.25, -0.2) is 0 Å². The topological polar surface area (TPSA) is 58.9 Å². The fourth-order valence-corrected chi connectivity index (χ4v) is 1.65. The highest BCUT2D eigenvalue weighted by Gasteiger charge is 2.29. The zero-order valence-electron chi connectivity index (χ0n) is 9.17. The van der Waals surface area contributed by atoms with Gasteiger partial charge >= 0.3 is 0 Å². The van der Waals surface area contributed by atoms with Gasteiger partial charge in [-0.2, -0.15) is 0 Å². The number of hydrogen-bond donors (Lipinski definition) is 2. The second-order valence-electron chi connectivity index (χ2n) is 4.02. The Labute approximate surface area is 94.4 Å². The molecule has 4 heteroatoms. The molecule has 0 amide bonds. The van der Waals surface area contributed by atoms with Crippen molar-refractivity contribution in [2.75, 3.05) is 6.61 Å². The highest BCUT2D eigenvalue weighted by Crippen LogP contribution is 2.22. The van der Waals surface area contributed by atoms with Gasteiger partial charge in [0.1, 0.15) is 11.9 Å². The van der Waals surface area contributed by atoms with Crippen molar-refractivity contribution in [3.63, 3.8) is 0 Å². The molecule has 0 radical (unpaired) electrons. The first-order valence-electron chi connectivity index (χ1n) is 5.37. The summed E-state index contributed by atoms with van der Waals surface area (Å²) in [6.07, 6.45) is -1.78.